The minimum atomic E-state index is -0.0606. The van der Waals surface area contributed by atoms with E-state index in [4.69, 9.17) is 10.7 Å². The molecular weight excluding hydrogens is 429 g/mol. The van der Waals surface area contributed by atoms with Gasteiger partial charge in [0.1, 0.15) is 0 Å². The molecule has 0 aromatic carbocycles. The van der Waals surface area contributed by atoms with Crippen molar-refractivity contribution in [1.29, 1.82) is 0 Å². The maximum atomic E-state index is 13.2. The number of nitrogens with zero attached hydrogens (tertiary/aromatic N) is 4. The van der Waals surface area contributed by atoms with Crippen molar-refractivity contribution in [2.24, 2.45) is 5.73 Å². The summed E-state index contributed by atoms with van der Waals surface area (Å²) in [7, 11) is 1.79. The molecule has 0 fully saturated rings. The molecule has 0 saturated carbocycles. The molecule has 3 aromatic rings. The van der Waals surface area contributed by atoms with E-state index in [0.717, 1.165) is 22.3 Å². The van der Waals surface area contributed by atoms with Crippen molar-refractivity contribution in [3.8, 4) is 11.3 Å². The van der Waals surface area contributed by atoms with Gasteiger partial charge in [0.2, 0.25) is 0 Å². The monoisotopic (exact) mass is 457 g/mol. The van der Waals surface area contributed by atoms with Crippen molar-refractivity contribution in [3.63, 3.8) is 0 Å². The lowest BCUT2D eigenvalue weighted by atomic mass is 10.1. The third kappa shape index (κ3) is 4.74. The minimum absolute atomic E-state index is 0. The van der Waals surface area contributed by atoms with Crippen LogP contribution < -0.4 is 5.73 Å². The van der Waals surface area contributed by atoms with Crippen LogP contribution in [-0.2, 0) is 0 Å². The number of nitrogens with two attached hydrogens (primary N) is 1. The van der Waals surface area contributed by atoms with Gasteiger partial charge in [-0.05, 0) is 46.8 Å². The van der Waals surface area contributed by atoms with Gasteiger partial charge in [0.05, 0.1) is 22.8 Å². The number of likely N-dealkylation sites (N-methyl/N-ethyl adjacent to an activating group) is 1. The number of aryl methyl sites for hydroxylation is 2. The SMILES string of the molecule is Cc1cc(-c2cc(C(=O)N(C)C(C)CN)c3cnn(C(C)C)c3n2)c(C)s1.Cl.Cl. The Morgan fingerprint density at radius 3 is 2.41 bits per heavy atom. The number of amides is 1. The van der Waals surface area contributed by atoms with Crippen LogP contribution in [-0.4, -0.2) is 45.2 Å². The molecular formula is C20H29Cl2N5OS. The molecule has 1 amide bonds. The van der Waals surface area contributed by atoms with E-state index < -0.39 is 0 Å². The van der Waals surface area contributed by atoms with Crippen LogP contribution in [0.15, 0.2) is 18.3 Å². The summed E-state index contributed by atoms with van der Waals surface area (Å²) >= 11 is 1.74. The molecule has 160 valence electrons. The maximum absolute atomic E-state index is 13.2. The van der Waals surface area contributed by atoms with Crippen LogP contribution in [0.4, 0.5) is 0 Å². The zero-order valence-corrected chi connectivity index (χ0v) is 20.0. The van der Waals surface area contributed by atoms with Crippen LogP contribution in [0.2, 0.25) is 0 Å². The molecule has 29 heavy (non-hydrogen) atoms. The van der Waals surface area contributed by atoms with Gasteiger partial charge in [0.15, 0.2) is 5.65 Å². The van der Waals surface area contributed by atoms with Gasteiger partial charge in [-0.1, -0.05) is 0 Å². The second-order valence-electron chi connectivity index (χ2n) is 7.30. The van der Waals surface area contributed by atoms with Gasteiger partial charge in [-0.3, -0.25) is 4.79 Å². The van der Waals surface area contributed by atoms with Crippen LogP contribution in [0.1, 0.15) is 46.9 Å². The number of carbonyl (C=O) groups excluding carboxylic acids is 1. The number of rotatable bonds is 5. The first-order valence-corrected chi connectivity index (χ1v) is 9.99. The minimum Gasteiger partial charge on any atom is -0.338 e. The summed E-state index contributed by atoms with van der Waals surface area (Å²) in [4.78, 5) is 22.2. The standard InChI is InChI=1S/C20H27N5OS.2ClH/c1-11(2)25-19-17(10-22-25)16(20(26)24(6)12(3)9-21)8-18(23-19)15-7-13(4)27-14(15)5;;/h7-8,10-12H,9,21H2,1-6H3;2*1H. The number of aromatic nitrogens is 3. The Balaban J connectivity index is 0.00000210. The highest BCUT2D eigenvalue weighted by Gasteiger charge is 2.23. The molecule has 0 aliphatic rings. The van der Waals surface area contributed by atoms with E-state index in [2.05, 4.69) is 38.9 Å². The van der Waals surface area contributed by atoms with Gasteiger partial charge in [0, 0.05) is 41.0 Å². The fraction of sp³-hybridized carbons (Fsp3) is 0.450. The van der Waals surface area contributed by atoms with Crippen LogP contribution in [0.25, 0.3) is 22.3 Å². The van der Waals surface area contributed by atoms with Gasteiger partial charge >= 0.3 is 0 Å². The summed E-state index contributed by atoms with van der Waals surface area (Å²) in [5, 5.41) is 5.26. The van der Waals surface area contributed by atoms with Crippen LogP contribution in [0.3, 0.4) is 0 Å². The van der Waals surface area contributed by atoms with Gasteiger partial charge in [-0.15, -0.1) is 36.2 Å². The molecule has 0 aliphatic heterocycles. The smallest absolute Gasteiger partial charge is 0.254 e. The quantitative estimate of drug-likeness (QED) is 0.605. The van der Waals surface area contributed by atoms with Crippen molar-refractivity contribution in [2.45, 2.75) is 46.7 Å². The van der Waals surface area contributed by atoms with E-state index in [0.29, 0.717) is 12.1 Å². The topological polar surface area (TPSA) is 77.0 Å². The second-order valence-corrected chi connectivity index (χ2v) is 8.76. The Hall–Kier alpha value is -1.67. The van der Waals surface area contributed by atoms with Gasteiger partial charge in [-0.2, -0.15) is 5.10 Å². The van der Waals surface area contributed by atoms with Crippen molar-refractivity contribution < 1.29 is 4.79 Å². The molecule has 9 heteroatoms. The van der Waals surface area contributed by atoms with Crippen LogP contribution in [0.5, 0.6) is 0 Å². The lowest BCUT2D eigenvalue weighted by Gasteiger charge is -2.24. The summed E-state index contributed by atoms with van der Waals surface area (Å²) < 4.78 is 1.87. The van der Waals surface area contributed by atoms with Gasteiger partial charge in [-0.25, -0.2) is 9.67 Å². The number of hydrogen-bond acceptors (Lipinski definition) is 5. The Labute approximate surface area is 188 Å². The summed E-state index contributed by atoms with van der Waals surface area (Å²) in [6.07, 6.45) is 1.74. The molecule has 3 heterocycles. The lowest BCUT2D eigenvalue weighted by Crippen LogP contribution is -2.39. The predicted molar refractivity (Wildman–Crippen MR) is 126 cm³/mol. The zero-order chi connectivity index (χ0) is 19.9. The fourth-order valence-corrected chi connectivity index (χ4v) is 4.08. The highest BCUT2D eigenvalue weighted by molar-refractivity contribution is 7.12. The van der Waals surface area contributed by atoms with Crippen molar-refractivity contribution in [3.05, 3.63) is 33.6 Å². The fourth-order valence-electron chi connectivity index (χ4n) is 3.14. The van der Waals surface area contributed by atoms with E-state index in [1.54, 1.807) is 29.5 Å². The predicted octanol–water partition coefficient (Wildman–Crippen LogP) is 4.62. The van der Waals surface area contributed by atoms with Crippen LogP contribution in [0, 0.1) is 13.8 Å². The van der Waals surface area contributed by atoms with E-state index in [1.165, 1.54) is 9.75 Å². The number of hydrogen-bond donors (Lipinski definition) is 1. The van der Waals surface area contributed by atoms with E-state index in [1.807, 2.05) is 17.7 Å². The Morgan fingerprint density at radius 2 is 1.90 bits per heavy atom. The highest BCUT2D eigenvalue weighted by Crippen LogP contribution is 2.33. The Kier molecular flexibility index (Phi) is 8.65. The number of thiophene rings is 1. The average Bonchev–Trinajstić information content (AvgIpc) is 3.21. The van der Waals surface area contributed by atoms with Crippen molar-refractivity contribution in [1.82, 2.24) is 19.7 Å². The van der Waals surface area contributed by atoms with E-state index in [9.17, 15) is 4.79 Å². The average molecular weight is 458 g/mol. The molecule has 0 bridgehead atoms. The Bertz CT molecular complexity index is 998. The molecule has 0 spiro atoms. The first-order chi connectivity index (χ1) is 12.7. The number of pyridine rings is 1. The number of fused-ring (bicyclic) bond motifs is 1. The summed E-state index contributed by atoms with van der Waals surface area (Å²) in [5.41, 5.74) is 9.00. The number of halogens is 2. The molecule has 2 N–H and O–H groups in total. The molecule has 0 aliphatic carbocycles. The Morgan fingerprint density at radius 1 is 1.24 bits per heavy atom. The molecule has 0 saturated heterocycles. The normalized spacial score (nSPS) is 11.9. The largest absolute Gasteiger partial charge is 0.338 e. The summed E-state index contributed by atoms with van der Waals surface area (Å²) in [6, 6.07) is 4.13. The molecule has 6 nitrogen and oxygen atoms in total. The van der Waals surface area contributed by atoms with Gasteiger partial charge in [0.25, 0.3) is 5.91 Å². The van der Waals surface area contributed by atoms with Gasteiger partial charge < -0.3 is 10.6 Å². The number of carbonyl (C=O) groups is 1. The van der Waals surface area contributed by atoms with Crippen molar-refractivity contribution >= 4 is 53.1 Å². The third-order valence-electron chi connectivity index (χ3n) is 4.93. The second kappa shape index (κ2) is 9.89. The first kappa shape index (κ1) is 25.4. The zero-order valence-electron chi connectivity index (χ0n) is 17.6. The summed E-state index contributed by atoms with van der Waals surface area (Å²) in [6.45, 7) is 10.7. The first-order valence-electron chi connectivity index (χ1n) is 9.17. The molecule has 1 atom stereocenters. The molecule has 3 rings (SSSR count). The van der Waals surface area contributed by atoms with Crippen LogP contribution >= 0.6 is 36.2 Å². The maximum Gasteiger partial charge on any atom is 0.254 e. The molecule has 3 aromatic heterocycles. The lowest BCUT2D eigenvalue weighted by molar-refractivity contribution is 0.0750. The van der Waals surface area contributed by atoms with E-state index >= 15 is 0 Å². The highest BCUT2D eigenvalue weighted by atomic mass is 35.5. The van der Waals surface area contributed by atoms with E-state index in [-0.39, 0.29) is 42.8 Å². The summed E-state index contributed by atoms with van der Waals surface area (Å²) in [5.74, 6) is -0.0606. The van der Waals surface area contributed by atoms with Crippen molar-refractivity contribution in [2.75, 3.05) is 13.6 Å². The molecule has 0 radical (unpaired) electrons. The third-order valence-corrected chi connectivity index (χ3v) is 5.89. The molecule has 1 unspecified atom stereocenters.